The summed E-state index contributed by atoms with van der Waals surface area (Å²) in [6.07, 6.45) is 2.17. The Labute approximate surface area is 172 Å². The summed E-state index contributed by atoms with van der Waals surface area (Å²) in [5, 5.41) is 11.3. The Bertz CT molecular complexity index is 949. The molecule has 0 saturated carbocycles. The van der Waals surface area contributed by atoms with Gasteiger partial charge in [0.2, 0.25) is 5.91 Å². The van der Waals surface area contributed by atoms with Crippen LogP contribution in [0.15, 0.2) is 46.9 Å². The van der Waals surface area contributed by atoms with Gasteiger partial charge in [0, 0.05) is 13.1 Å². The molecule has 1 fully saturated rings. The van der Waals surface area contributed by atoms with E-state index >= 15 is 0 Å². The van der Waals surface area contributed by atoms with Crippen molar-refractivity contribution in [2.45, 2.75) is 30.2 Å². The molecule has 28 heavy (non-hydrogen) atoms. The molecular weight excluding hydrogens is 392 g/mol. The van der Waals surface area contributed by atoms with Crippen molar-refractivity contribution < 1.29 is 9.53 Å². The van der Waals surface area contributed by atoms with Crippen LogP contribution in [0.4, 0.5) is 0 Å². The number of thiophene rings is 1. The molecule has 1 aliphatic heterocycles. The van der Waals surface area contributed by atoms with Crippen LogP contribution in [-0.4, -0.2) is 51.0 Å². The van der Waals surface area contributed by atoms with Gasteiger partial charge >= 0.3 is 0 Å². The van der Waals surface area contributed by atoms with E-state index in [9.17, 15) is 4.79 Å². The molecule has 0 N–H and O–H groups in total. The highest BCUT2D eigenvalue weighted by Gasteiger charge is 2.27. The summed E-state index contributed by atoms with van der Waals surface area (Å²) in [5.41, 5.74) is 0.863. The Morgan fingerprint density at radius 1 is 1.18 bits per heavy atom. The number of methoxy groups -OCH3 is 1. The predicted molar refractivity (Wildman–Crippen MR) is 112 cm³/mol. The number of hydrogen-bond acceptors (Lipinski definition) is 6. The van der Waals surface area contributed by atoms with Gasteiger partial charge in [-0.3, -0.25) is 9.36 Å². The fourth-order valence-corrected chi connectivity index (χ4v) is 4.99. The molecule has 0 unspecified atom stereocenters. The summed E-state index contributed by atoms with van der Waals surface area (Å²) in [4.78, 5) is 15.7. The number of amides is 1. The van der Waals surface area contributed by atoms with Crippen LogP contribution in [0.5, 0.6) is 5.75 Å². The van der Waals surface area contributed by atoms with Crippen LogP contribution in [0.25, 0.3) is 16.4 Å². The van der Waals surface area contributed by atoms with E-state index in [1.54, 1.807) is 18.4 Å². The predicted octanol–water partition coefficient (Wildman–Crippen LogP) is 4.11. The summed E-state index contributed by atoms with van der Waals surface area (Å²) in [5.74, 6) is 1.65. The minimum Gasteiger partial charge on any atom is -0.495 e. The van der Waals surface area contributed by atoms with Crippen molar-refractivity contribution in [3.8, 4) is 22.1 Å². The van der Waals surface area contributed by atoms with E-state index in [4.69, 9.17) is 4.74 Å². The molecule has 0 spiro atoms. The summed E-state index contributed by atoms with van der Waals surface area (Å²) in [6.45, 7) is 3.64. The second-order valence-electron chi connectivity index (χ2n) is 6.58. The van der Waals surface area contributed by atoms with Gasteiger partial charge < -0.3 is 9.64 Å². The molecule has 1 aromatic carbocycles. The standard InChI is InChI=1S/C20H22N4O2S2/c1-14(19(25)23-11-5-6-12-23)28-20-22-21-18(17-10-7-13-27-17)24(20)15-8-3-4-9-16(15)26-2/h3-4,7-10,13-14H,5-6,11-12H2,1-2H3/t14-/m1/s1. The van der Waals surface area contributed by atoms with Crippen LogP contribution in [0.3, 0.4) is 0 Å². The van der Waals surface area contributed by atoms with Gasteiger partial charge in [0.05, 0.1) is 22.9 Å². The third-order valence-electron chi connectivity index (χ3n) is 4.75. The molecule has 1 aliphatic rings. The minimum absolute atomic E-state index is 0.162. The lowest BCUT2D eigenvalue weighted by molar-refractivity contribution is -0.129. The fraction of sp³-hybridized carbons (Fsp3) is 0.350. The van der Waals surface area contributed by atoms with Crippen LogP contribution in [-0.2, 0) is 4.79 Å². The number of aromatic nitrogens is 3. The van der Waals surface area contributed by atoms with Gasteiger partial charge in [0.15, 0.2) is 11.0 Å². The molecule has 2 aromatic heterocycles. The Balaban J connectivity index is 1.72. The minimum atomic E-state index is -0.230. The molecule has 1 amide bonds. The van der Waals surface area contributed by atoms with Crippen molar-refractivity contribution in [2.75, 3.05) is 20.2 Å². The zero-order chi connectivity index (χ0) is 19.5. The molecular formula is C20H22N4O2S2. The van der Waals surface area contributed by atoms with Gasteiger partial charge in [-0.2, -0.15) is 0 Å². The monoisotopic (exact) mass is 414 g/mol. The highest BCUT2D eigenvalue weighted by Crippen LogP contribution is 2.35. The van der Waals surface area contributed by atoms with Gasteiger partial charge in [-0.1, -0.05) is 30.0 Å². The first-order chi connectivity index (χ1) is 13.7. The van der Waals surface area contributed by atoms with Crippen molar-refractivity contribution in [1.82, 2.24) is 19.7 Å². The number of carbonyl (C=O) groups excluding carboxylic acids is 1. The third kappa shape index (κ3) is 3.66. The lowest BCUT2D eigenvalue weighted by Crippen LogP contribution is -2.34. The van der Waals surface area contributed by atoms with Gasteiger partial charge in [-0.15, -0.1) is 21.5 Å². The van der Waals surface area contributed by atoms with Crippen LogP contribution in [0.1, 0.15) is 19.8 Å². The number of hydrogen-bond donors (Lipinski definition) is 0. The summed E-state index contributed by atoms with van der Waals surface area (Å²) in [6, 6.07) is 11.8. The largest absolute Gasteiger partial charge is 0.495 e. The molecule has 6 nitrogen and oxygen atoms in total. The molecule has 146 valence electrons. The van der Waals surface area contributed by atoms with Gasteiger partial charge in [0.25, 0.3) is 0 Å². The van der Waals surface area contributed by atoms with Crippen LogP contribution in [0.2, 0.25) is 0 Å². The number of thioether (sulfide) groups is 1. The smallest absolute Gasteiger partial charge is 0.235 e. The maximum absolute atomic E-state index is 12.8. The first kappa shape index (κ1) is 19.0. The first-order valence-corrected chi connectivity index (χ1v) is 11.0. The molecule has 8 heteroatoms. The second kappa shape index (κ2) is 8.36. The number of para-hydroxylation sites is 2. The topological polar surface area (TPSA) is 60.2 Å². The highest BCUT2D eigenvalue weighted by atomic mass is 32.2. The van der Waals surface area contributed by atoms with E-state index in [1.807, 2.05) is 58.2 Å². The lowest BCUT2D eigenvalue weighted by Gasteiger charge is -2.20. The highest BCUT2D eigenvalue weighted by molar-refractivity contribution is 8.00. The molecule has 1 saturated heterocycles. The van der Waals surface area contributed by atoms with Crippen molar-refractivity contribution in [1.29, 1.82) is 0 Å². The number of ether oxygens (including phenoxy) is 1. The van der Waals surface area contributed by atoms with Gasteiger partial charge in [-0.05, 0) is 43.3 Å². The van der Waals surface area contributed by atoms with E-state index < -0.39 is 0 Å². The molecule has 0 bridgehead atoms. The first-order valence-electron chi connectivity index (χ1n) is 9.27. The average molecular weight is 415 g/mol. The molecule has 1 atom stereocenters. The molecule has 3 aromatic rings. The maximum Gasteiger partial charge on any atom is 0.235 e. The van der Waals surface area contributed by atoms with Crippen LogP contribution in [0, 0.1) is 0 Å². The van der Waals surface area contributed by atoms with E-state index in [1.165, 1.54) is 11.8 Å². The number of likely N-dealkylation sites (tertiary alicyclic amines) is 1. The second-order valence-corrected chi connectivity index (χ2v) is 8.84. The van der Waals surface area contributed by atoms with Crippen molar-refractivity contribution in [3.05, 3.63) is 41.8 Å². The molecule has 0 aliphatic carbocycles. The Kier molecular flexibility index (Phi) is 5.68. The third-order valence-corrected chi connectivity index (χ3v) is 6.64. The molecule has 3 heterocycles. The van der Waals surface area contributed by atoms with E-state index in [2.05, 4.69) is 10.2 Å². The number of benzene rings is 1. The Morgan fingerprint density at radius 2 is 1.96 bits per heavy atom. The fourth-order valence-electron chi connectivity index (χ4n) is 3.35. The number of nitrogens with zero attached hydrogens (tertiary/aromatic N) is 4. The van der Waals surface area contributed by atoms with Crippen molar-refractivity contribution >= 4 is 29.0 Å². The Hall–Kier alpha value is -2.32. The zero-order valence-corrected chi connectivity index (χ0v) is 17.5. The average Bonchev–Trinajstić information content (AvgIpc) is 3.48. The molecule has 4 rings (SSSR count). The summed E-state index contributed by atoms with van der Waals surface area (Å²) < 4.78 is 7.56. The normalized spacial score (nSPS) is 15.0. The summed E-state index contributed by atoms with van der Waals surface area (Å²) >= 11 is 3.05. The van der Waals surface area contributed by atoms with Crippen LogP contribution < -0.4 is 4.74 Å². The lowest BCUT2D eigenvalue weighted by atomic mass is 10.3. The van der Waals surface area contributed by atoms with Crippen LogP contribution >= 0.6 is 23.1 Å². The maximum atomic E-state index is 12.8. The van der Waals surface area contributed by atoms with Gasteiger partial charge in [-0.25, -0.2) is 0 Å². The quantitative estimate of drug-likeness (QED) is 0.568. The van der Waals surface area contributed by atoms with E-state index in [0.29, 0.717) is 5.16 Å². The molecule has 0 radical (unpaired) electrons. The Morgan fingerprint density at radius 3 is 2.68 bits per heavy atom. The van der Waals surface area contributed by atoms with E-state index in [0.717, 1.165) is 48.1 Å². The van der Waals surface area contributed by atoms with Gasteiger partial charge in [0.1, 0.15) is 5.75 Å². The van der Waals surface area contributed by atoms with E-state index in [-0.39, 0.29) is 11.2 Å². The van der Waals surface area contributed by atoms with Crippen molar-refractivity contribution in [2.24, 2.45) is 0 Å². The van der Waals surface area contributed by atoms with Crippen molar-refractivity contribution in [3.63, 3.8) is 0 Å². The number of rotatable bonds is 6. The summed E-state index contributed by atoms with van der Waals surface area (Å²) in [7, 11) is 1.65. The zero-order valence-electron chi connectivity index (χ0n) is 15.9. The number of carbonyl (C=O) groups is 1. The SMILES string of the molecule is COc1ccccc1-n1c(S[C@H](C)C(=O)N2CCCC2)nnc1-c1cccs1.